The van der Waals surface area contributed by atoms with Gasteiger partial charge in [0.25, 0.3) is 0 Å². The molecule has 3 heterocycles. The Morgan fingerprint density at radius 3 is 3.08 bits per heavy atom. The van der Waals surface area contributed by atoms with Crippen molar-refractivity contribution in [1.29, 1.82) is 0 Å². The van der Waals surface area contributed by atoms with Crippen LogP contribution in [-0.4, -0.2) is 43.2 Å². The van der Waals surface area contributed by atoms with Crippen LogP contribution in [0.25, 0.3) is 10.2 Å². The number of para-hydroxylation sites is 1. The lowest BCUT2D eigenvalue weighted by atomic mass is 9.99. The van der Waals surface area contributed by atoms with Crippen molar-refractivity contribution in [3.63, 3.8) is 0 Å². The van der Waals surface area contributed by atoms with Crippen molar-refractivity contribution in [2.45, 2.75) is 45.2 Å². The lowest BCUT2D eigenvalue weighted by Crippen LogP contribution is -2.34. The van der Waals surface area contributed by atoms with E-state index < -0.39 is 0 Å². The second-order valence-corrected chi connectivity index (χ2v) is 7.47. The van der Waals surface area contributed by atoms with E-state index in [-0.39, 0.29) is 0 Å². The van der Waals surface area contributed by atoms with Gasteiger partial charge in [-0.15, -0.1) is 16.4 Å². The van der Waals surface area contributed by atoms with Gasteiger partial charge in [0.2, 0.25) is 0 Å². The molecule has 0 spiro atoms. The fourth-order valence-corrected chi connectivity index (χ4v) is 4.48. The van der Waals surface area contributed by atoms with Crippen LogP contribution in [0.15, 0.2) is 24.3 Å². The Balaban J connectivity index is 1.48. The Hall–Kier alpha value is -1.86. The van der Waals surface area contributed by atoms with Gasteiger partial charge >= 0.3 is 0 Å². The number of nitrogens with zero attached hydrogens (tertiary/aromatic N) is 6. The maximum atomic E-state index is 4.86. The normalized spacial score (nSPS) is 19.1. The smallest absolute Gasteiger partial charge is 0.165 e. The van der Waals surface area contributed by atoms with Crippen LogP contribution in [0.5, 0.6) is 0 Å². The molecule has 2 aromatic heterocycles. The van der Waals surface area contributed by atoms with E-state index in [0.29, 0.717) is 5.92 Å². The minimum Gasteiger partial charge on any atom is -0.295 e. The van der Waals surface area contributed by atoms with E-state index in [4.69, 9.17) is 4.98 Å². The lowest BCUT2D eigenvalue weighted by molar-refractivity contribution is 0.192. The summed E-state index contributed by atoms with van der Waals surface area (Å²) in [5.41, 5.74) is 1.13. The maximum Gasteiger partial charge on any atom is 0.165 e. The summed E-state index contributed by atoms with van der Waals surface area (Å²) in [4.78, 5) is 7.33. The first-order valence-corrected chi connectivity index (χ1v) is 9.48. The van der Waals surface area contributed by atoms with E-state index >= 15 is 0 Å². The number of thiazole rings is 1. The number of likely N-dealkylation sites (tertiary alicyclic amines) is 1. The number of hydrogen-bond donors (Lipinski definition) is 0. The highest BCUT2D eigenvalue weighted by atomic mass is 32.1. The van der Waals surface area contributed by atoms with Crippen LogP contribution in [0, 0.1) is 0 Å². The topological polar surface area (TPSA) is 59.7 Å². The molecule has 3 aromatic rings. The molecule has 1 aromatic carbocycles. The van der Waals surface area contributed by atoms with E-state index in [2.05, 4.69) is 51.6 Å². The van der Waals surface area contributed by atoms with Gasteiger partial charge in [-0.05, 0) is 48.4 Å². The third-order valence-electron chi connectivity index (χ3n) is 4.57. The standard InChI is InChI=1S/C17H22N6S/c1-2-9-23-16(19-20-21-23)12-22-10-5-6-13(11-22)17-18-14-7-3-4-8-15(14)24-17/h3-4,7-8,13H,2,5-6,9-12H2,1H3/t13-/m0/s1. The molecule has 24 heavy (non-hydrogen) atoms. The molecule has 0 unspecified atom stereocenters. The van der Waals surface area contributed by atoms with Crippen molar-refractivity contribution in [3.8, 4) is 0 Å². The van der Waals surface area contributed by atoms with Gasteiger partial charge in [0.15, 0.2) is 5.82 Å². The van der Waals surface area contributed by atoms with Crippen molar-refractivity contribution in [1.82, 2.24) is 30.1 Å². The summed E-state index contributed by atoms with van der Waals surface area (Å²) in [6.45, 7) is 6.01. The zero-order valence-corrected chi connectivity index (χ0v) is 14.7. The van der Waals surface area contributed by atoms with Crippen molar-refractivity contribution >= 4 is 21.6 Å². The van der Waals surface area contributed by atoms with Gasteiger partial charge in [0.1, 0.15) is 0 Å². The lowest BCUT2D eigenvalue weighted by Gasteiger charge is -2.31. The molecule has 1 aliphatic rings. The zero-order chi connectivity index (χ0) is 16.4. The third kappa shape index (κ3) is 3.18. The molecule has 4 rings (SSSR count). The minimum atomic E-state index is 0.520. The van der Waals surface area contributed by atoms with Gasteiger partial charge in [-0.25, -0.2) is 9.67 Å². The Bertz CT molecular complexity index is 777. The molecular weight excluding hydrogens is 320 g/mol. The minimum absolute atomic E-state index is 0.520. The molecule has 126 valence electrons. The number of hydrogen-bond acceptors (Lipinski definition) is 6. The van der Waals surface area contributed by atoms with Crippen LogP contribution in [0.1, 0.15) is 42.9 Å². The van der Waals surface area contributed by atoms with E-state index in [1.807, 2.05) is 16.0 Å². The monoisotopic (exact) mass is 342 g/mol. The average molecular weight is 342 g/mol. The number of benzene rings is 1. The van der Waals surface area contributed by atoms with E-state index in [1.54, 1.807) is 0 Å². The first-order valence-electron chi connectivity index (χ1n) is 8.66. The average Bonchev–Trinajstić information content (AvgIpc) is 3.22. The summed E-state index contributed by atoms with van der Waals surface area (Å²) in [7, 11) is 0. The summed E-state index contributed by atoms with van der Waals surface area (Å²) >= 11 is 1.84. The van der Waals surface area contributed by atoms with Crippen LogP contribution in [0.3, 0.4) is 0 Å². The molecular formula is C17H22N6S. The highest BCUT2D eigenvalue weighted by Crippen LogP contribution is 2.33. The molecule has 0 radical (unpaired) electrons. The van der Waals surface area contributed by atoms with Gasteiger partial charge < -0.3 is 0 Å². The highest BCUT2D eigenvalue weighted by molar-refractivity contribution is 7.18. The van der Waals surface area contributed by atoms with Crippen molar-refractivity contribution in [2.24, 2.45) is 0 Å². The largest absolute Gasteiger partial charge is 0.295 e. The van der Waals surface area contributed by atoms with Gasteiger partial charge in [-0.1, -0.05) is 19.1 Å². The number of piperidine rings is 1. The van der Waals surface area contributed by atoms with Crippen molar-refractivity contribution in [2.75, 3.05) is 13.1 Å². The Morgan fingerprint density at radius 1 is 1.29 bits per heavy atom. The van der Waals surface area contributed by atoms with Gasteiger partial charge in [-0.3, -0.25) is 4.90 Å². The quantitative estimate of drug-likeness (QED) is 0.713. The predicted molar refractivity (Wildman–Crippen MR) is 95.0 cm³/mol. The molecule has 0 aliphatic carbocycles. The predicted octanol–water partition coefficient (Wildman–Crippen LogP) is 3.07. The second kappa shape index (κ2) is 6.94. The molecule has 0 saturated carbocycles. The van der Waals surface area contributed by atoms with Crippen molar-refractivity contribution in [3.05, 3.63) is 35.1 Å². The van der Waals surface area contributed by atoms with E-state index in [9.17, 15) is 0 Å². The Morgan fingerprint density at radius 2 is 2.21 bits per heavy atom. The van der Waals surface area contributed by atoms with Crippen LogP contribution in [-0.2, 0) is 13.1 Å². The Kier molecular flexibility index (Phi) is 4.53. The van der Waals surface area contributed by atoms with E-state index in [1.165, 1.54) is 22.5 Å². The fourth-order valence-electron chi connectivity index (χ4n) is 3.39. The second-order valence-electron chi connectivity index (χ2n) is 6.41. The van der Waals surface area contributed by atoms with Crippen LogP contribution in [0.4, 0.5) is 0 Å². The summed E-state index contributed by atoms with van der Waals surface area (Å²) < 4.78 is 3.22. The number of tetrazole rings is 1. The van der Waals surface area contributed by atoms with Crippen LogP contribution in [0.2, 0.25) is 0 Å². The third-order valence-corrected chi connectivity index (χ3v) is 5.77. The first kappa shape index (κ1) is 15.7. The molecule has 1 aliphatic heterocycles. The number of aryl methyl sites for hydroxylation is 1. The van der Waals surface area contributed by atoms with Gasteiger partial charge in [-0.2, -0.15) is 0 Å². The highest BCUT2D eigenvalue weighted by Gasteiger charge is 2.25. The molecule has 6 nitrogen and oxygen atoms in total. The maximum absolute atomic E-state index is 4.86. The van der Waals surface area contributed by atoms with Crippen LogP contribution < -0.4 is 0 Å². The molecule has 0 N–H and O–H groups in total. The molecule has 1 saturated heterocycles. The molecule has 0 amide bonds. The number of aromatic nitrogens is 5. The molecule has 7 heteroatoms. The van der Waals surface area contributed by atoms with Gasteiger partial charge in [0.05, 0.1) is 21.8 Å². The number of rotatable bonds is 5. The van der Waals surface area contributed by atoms with Crippen molar-refractivity contribution < 1.29 is 0 Å². The summed E-state index contributed by atoms with van der Waals surface area (Å²) in [5, 5.41) is 13.4. The fraction of sp³-hybridized carbons (Fsp3) is 0.529. The zero-order valence-electron chi connectivity index (χ0n) is 13.9. The van der Waals surface area contributed by atoms with E-state index in [0.717, 1.165) is 43.9 Å². The summed E-state index contributed by atoms with van der Waals surface area (Å²) in [6.07, 6.45) is 3.47. The SMILES string of the molecule is CCCn1nnnc1CN1CCC[C@H](c2nc3ccccc3s2)C1. The van der Waals surface area contributed by atoms with Crippen LogP contribution >= 0.6 is 11.3 Å². The molecule has 1 atom stereocenters. The molecule has 1 fully saturated rings. The summed E-state index contributed by atoms with van der Waals surface area (Å²) in [5.74, 6) is 1.49. The summed E-state index contributed by atoms with van der Waals surface area (Å²) in [6, 6.07) is 8.42. The van der Waals surface area contributed by atoms with Gasteiger partial charge in [0, 0.05) is 19.0 Å². The number of fused-ring (bicyclic) bond motifs is 1. The Labute approximate surface area is 145 Å². The molecule has 0 bridgehead atoms. The first-order chi connectivity index (χ1) is 11.8.